The number of amides is 1. The molecule has 1 amide bonds. The molecule has 0 saturated carbocycles. The lowest BCUT2D eigenvalue weighted by molar-refractivity contribution is -0.119. The van der Waals surface area contributed by atoms with E-state index in [0.29, 0.717) is 0 Å². The molecule has 1 atom stereocenters. The van der Waals surface area contributed by atoms with Gasteiger partial charge < -0.3 is 5.73 Å². The third-order valence-corrected chi connectivity index (χ3v) is 0.620. The molecule has 0 rings (SSSR count). The van der Waals surface area contributed by atoms with Gasteiger partial charge in [0.25, 0.3) is 0 Å². The average Bonchev–Trinajstić information content (AvgIpc) is 1.65. The Morgan fingerprint density at radius 1 is 2.00 bits per heavy atom. The number of nitriles is 1. The third kappa shape index (κ3) is 1.77. The van der Waals surface area contributed by atoms with Crippen LogP contribution in [-0.2, 0) is 4.79 Å². The van der Waals surface area contributed by atoms with E-state index >= 15 is 0 Å². The van der Waals surface area contributed by atoms with Crippen molar-refractivity contribution in [2.75, 3.05) is 0 Å². The first-order chi connectivity index (χ1) is 3.18. The van der Waals surface area contributed by atoms with E-state index in [1.807, 2.05) is 0 Å². The molecular weight excluding hydrogens is 92.1 g/mol. The minimum absolute atomic E-state index is 0.567. The van der Waals surface area contributed by atoms with E-state index in [2.05, 4.69) is 5.73 Å². The van der Waals surface area contributed by atoms with Crippen molar-refractivity contribution in [2.24, 2.45) is 11.7 Å². The molecule has 0 radical (unpaired) electrons. The summed E-state index contributed by atoms with van der Waals surface area (Å²) in [5.74, 6) is -1.22. The van der Waals surface area contributed by atoms with Crippen molar-refractivity contribution in [3.8, 4) is 6.07 Å². The molecule has 0 bridgehead atoms. The van der Waals surface area contributed by atoms with E-state index in [4.69, 9.17) is 5.26 Å². The van der Waals surface area contributed by atoms with Gasteiger partial charge in [0.2, 0.25) is 5.91 Å². The molecule has 3 heteroatoms. The van der Waals surface area contributed by atoms with Crippen LogP contribution in [-0.4, -0.2) is 5.91 Å². The zero-order valence-corrected chi connectivity index (χ0v) is 4.01. The fraction of sp³-hybridized carbons (Fsp3) is 0.500. The van der Waals surface area contributed by atoms with Crippen LogP contribution in [0, 0.1) is 17.2 Å². The molecule has 38 valence electrons. The van der Waals surface area contributed by atoms with Crippen LogP contribution in [0.4, 0.5) is 0 Å². The highest BCUT2D eigenvalue weighted by molar-refractivity contribution is 5.78. The Morgan fingerprint density at radius 2 is 2.43 bits per heavy atom. The minimum Gasteiger partial charge on any atom is -0.369 e. The number of carbonyl (C=O) groups excluding carboxylic acids is 1. The predicted molar refractivity (Wildman–Crippen MR) is 24.0 cm³/mol. The first-order valence-electron chi connectivity index (χ1n) is 1.87. The normalized spacial score (nSPS) is 12.0. The van der Waals surface area contributed by atoms with Crippen molar-refractivity contribution >= 4 is 5.91 Å². The lowest BCUT2D eigenvalue weighted by Gasteiger charge is -1.87. The van der Waals surface area contributed by atoms with Crippen LogP contribution in [0.25, 0.3) is 0 Å². The van der Waals surface area contributed by atoms with Gasteiger partial charge in [0.15, 0.2) is 0 Å². The molecule has 0 aliphatic carbocycles. The first kappa shape index (κ1) is 5.96. The van der Waals surface area contributed by atoms with Gasteiger partial charge in [-0.25, -0.2) is 0 Å². The smallest absolute Gasteiger partial charge is 0.234 e. The summed E-state index contributed by atoms with van der Waals surface area (Å²) < 4.78 is 0. The zero-order valence-electron chi connectivity index (χ0n) is 4.01. The highest BCUT2D eigenvalue weighted by Crippen LogP contribution is 1.85. The Labute approximate surface area is 41.7 Å². The Bertz CT molecular complexity index is 113. The van der Waals surface area contributed by atoms with Crippen LogP contribution < -0.4 is 5.73 Å². The molecule has 7 heavy (non-hydrogen) atoms. The number of nitrogens with zero attached hydrogens (tertiary/aromatic N) is 1. The van der Waals surface area contributed by atoms with Gasteiger partial charge in [-0.1, -0.05) is 0 Å². The summed E-state index contributed by atoms with van der Waals surface area (Å²) in [6.45, 7) is 1.46. The lowest BCUT2D eigenvalue weighted by atomic mass is 10.2. The number of primary amides is 1. The fourth-order valence-electron chi connectivity index (χ4n) is 0.0636. The Balaban J connectivity index is 3.63. The van der Waals surface area contributed by atoms with Gasteiger partial charge >= 0.3 is 0 Å². The average molecular weight is 98.1 g/mol. The summed E-state index contributed by atoms with van der Waals surface area (Å²) in [5, 5.41) is 7.95. The number of hydrogen-bond acceptors (Lipinski definition) is 2. The minimum atomic E-state index is -0.653. The number of carbonyl (C=O) groups is 1. The van der Waals surface area contributed by atoms with Crippen molar-refractivity contribution < 1.29 is 4.79 Å². The summed E-state index contributed by atoms with van der Waals surface area (Å²) in [5.41, 5.74) is 4.69. The van der Waals surface area contributed by atoms with E-state index in [-0.39, 0.29) is 0 Å². The van der Waals surface area contributed by atoms with Crippen molar-refractivity contribution in [1.29, 1.82) is 5.26 Å². The topological polar surface area (TPSA) is 66.9 Å². The van der Waals surface area contributed by atoms with Crippen LogP contribution >= 0.6 is 0 Å². The van der Waals surface area contributed by atoms with Gasteiger partial charge in [-0.3, -0.25) is 4.79 Å². The molecule has 0 fully saturated rings. The largest absolute Gasteiger partial charge is 0.369 e. The molecule has 2 N–H and O–H groups in total. The number of rotatable bonds is 1. The van der Waals surface area contributed by atoms with Gasteiger partial charge in [0, 0.05) is 0 Å². The quantitative estimate of drug-likeness (QED) is 0.486. The van der Waals surface area contributed by atoms with Gasteiger partial charge in [-0.05, 0) is 6.92 Å². The highest BCUT2D eigenvalue weighted by atomic mass is 16.1. The molecule has 3 nitrogen and oxygen atoms in total. The summed E-state index contributed by atoms with van der Waals surface area (Å²) in [4.78, 5) is 9.93. The van der Waals surface area contributed by atoms with E-state index < -0.39 is 11.8 Å². The Kier molecular flexibility index (Phi) is 1.86. The lowest BCUT2D eigenvalue weighted by Crippen LogP contribution is -2.18. The fourth-order valence-corrected chi connectivity index (χ4v) is 0.0636. The van der Waals surface area contributed by atoms with Gasteiger partial charge in [-0.15, -0.1) is 0 Å². The molecule has 0 aliphatic rings. The second-order valence-electron chi connectivity index (χ2n) is 1.25. The zero-order chi connectivity index (χ0) is 5.86. The van der Waals surface area contributed by atoms with Crippen LogP contribution in [0.2, 0.25) is 0 Å². The Hall–Kier alpha value is -1.04. The summed E-state index contributed by atoms with van der Waals surface area (Å²) >= 11 is 0. The van der Waals surface area contributed by atoms with Crippen molar-refractivity contribution in [3.05, 3.63) is 0 Å². The first-order valence-corrected chi connectivity index (χ1v) is 1.87. The Morgan fingerprint density at radius 3 is 2.43 bits per heavy atom. The van der Waals surface area contributed by atoms with Crippen LogP contribution in [0.1, 0.15) is 6.92 Å². The van der Waals surface area contributed by atoms with Crippen molar-refractivity contribution in [2.45, 2.75) is 6.92 Å². The highest BCUT2D eigenvalue weighted by Gasteiger charge is 2.03. The molecule has 0 saturated heterocycles. The van der Waals surface area contributed by atoms with E-state index in [1.54, 1.807) is 6.07 Å². The monoisotopic (exact) mass is 98.0 g/mol. The second-order valence-corrected chi connectivity index (χ2v) is 1.25. The maximum Gasteiger partial charge on any atom is 0.234 e. The van der Waals surface area contributed by atoms with Gasteiger partial charge in [0.05, 0.1) is 6.07 Å². The third-order valence-electron chi connectivity index (χ3n) is 0.620. The maximum atomic E-state index is 9.93. The van der Waals surface area contributed by atoms with Crippen LogP contribution in [0.15, 0.2) is 0 Å². The molecule has 1 unspecified atom stereocenters. The van der Waals surface area contributed by atoms with Gasteiger partial charge in [-0.2, -0.15) is 5.26 Å². The maximum absolute atomic E-state index is 9.93. The summed E-state index contributed by atoms with van der Waals surface area (Å²) in [6, 6.07) is 1.69. The second kappa shape index (κ2) is 2.19. The van der Waals surface area contributed by atoms with E-state index in [9.17, 15) is 4.79 Å². The number of hydrogen-bond donors (Lipinski definition) is 1. The summed E-state index contributed by atoms with van der Waals surface area (Å²) in [7, 11) is 0. The van der Waals surface area contributed by atoms with Crippen LogP contribution in [0.5, 0.6) is 0 Å². The van der Waals surface area contributed by atoms with E-state index in [1.165, 1.54) is 6.92 Å². The SMILES string of the molecule is CC(C#N)C(N)=O. The molecule has 0 heterocycles. The molecule has 0 aromatic carbocycles. The molecule has 0 aliphatic heterocycles. The van der Waals surface area contributed by atoms with Gasteiger partial charge in [0.1, 0.15) is 5.92 Å². The standard InChI is InChI=1S/C4H6N2O/c1-3(2-5)4(6)7/h3H,1H3,(H2,6,7). The van der Waals surface area contributed by atoms with Crippen molar-refractivity contribution in [3.63, 3.8) is 0 Å². The molecular formula is C4H6N2O. The molecule has 0 aromatic rings. The van der Waals surface area contributed by atoms with Crippen LogP contribution in [0.3, 0.4) is 0 Å². The predicted octanol–water partition coefficient (Wildman–Crippen LogP) is -0.369. The number of nitrogens with two attached hydrogens (primary N) is 1. The molecule has 0 aromatic heterocycles. The molecule has 0 spiro atoms. The summed E-state index contributed by atoms with van der Waals surface area (Å²) in [6.07, 6.45) is 0. The van der Waals surface area contributed by atoms with Crippen molar-refractivity contribution in [1.82, 2.24) is 0 Å². The van der Waals surface area contributed by atoms with E-state index in [0.717, 1.165) is 0 Å².